The third-order valence-corrected chi connectivity index (χ3v) is 3.56. The van der Waals surface area contributed by atoms with Gasteiger partial charge in [-0.2, -0.15) is 0 Å². The van der Waals surface area contributed by atoms with Crippen molar-refractivity contribution in [3.8, 4) is 0 Å². The maximum absolute atomic E-state index is 12.2. The van der Waals surface area contributed by atoms with Crippen LogP contribution in [0.2, 0.25) is 0 Å². The average molecular weight is 274 g/mol. The van der Waals surface area contributed by atoms with Crippen LogP contribution in [0.3, 0.4) is 0 Å². The first-order valence-electron chi connectivity index (χ1n) is 6.98. The van der Waals surface area contributed by atoms with Gasteiger partial charge in [-0.3, -0.25) is 4.79 Å². The number of fused-ring (bicyclic) bond motifs is 1. The molecule has 0 atom stereocenters. The smallest absolute Gasteiger partial charge is 0.251 e. The maximum atomic E-state index is 12.2. The number of hydrogen-bond acceptors (Lipinski definition) is 2. The van der Waals surface area contributed by atoms with Gasteiger partial charge in [0.1, 0.15) is 0 Å². The number of hydrogen-bond donors (Lipinski definition) is 3. The molecule has 20 heavy (non-hydrogen) atoms. The highest BCUT2D eigenvalue weighted by atomic mass is 16.2. The van der Waals surface area contributed by atoms with Gasteiger partial charge in [0, 0.05) is 30.4 Å². The van der Waals surface area contributed by atoms with E-state index in [-0.39, 0.29) is 17.9 Å². The number of amides is 1. The molecule has 0 aliphatic carbocycles. The molecular weight excluding hydrogens is 252 g/mol. The van der Waals surface area contributed by atoms with Crippen LogP contribution in [0, 0.1) is 5.41 Å². The van der Waals surface area contributed by atoms with E-state index in [0.29, 0.717) is 12.1 Å². The van der Waals surface area contributed by atoms with Gasteiger partial charge in [-0.15, -0.1) is 0 Å². The number of aromatic nitrogens is 1. The zero-order valence-electron chi connectivity index (χ0n) is 12.1. The SMILES string of the molecule is CC(C)(CCCO)CNC(=O)c1ccc2cc[nH]c2c1. The lowest BCUT2D eigenvalue weighted by molar-refractivity contribution is 0.0933. The van der Waals surface area contributed by atoms with Crippen LogP contribution < -0.4 is 5.32 Å². The van der Waals surface area contributed by atoms with Crippen LogP contribution in [0.1, 0.15) is 37.0 Å². The molecule has 0 fully saturated rings. The summed E-state index contributed by atoms with van der Waals surface area (Å²) in [7, 11) is 0. The number of nitrogens with one attached hydrogen (secondary N) is 2. The Balaban J connectivity index is 1.97. The molecule has 3 N–H and O–H groups in total. The monoisotopic (exact) mass is 274 g/mol. The minimum absolute atomic E-state index is 0.00504. The molecule has 4 heteroatoms. The van der Waals surface area contributed by atoms with Crippen LogP contribution in [0.25, 0.3) is 10.9 Å². The van der Waals surface area contributed by atoms with Crippen molar-refractivity contribution < 1.29 is 9.90 Å². The Bertz CT molecular complexity index is 587. The van der Waals surface area contributed by atoms with Crippen molar-refractivity contribution in [2.24, 2.45) is 5.41 Å². The molecule has 1 aromatic carbocycles. The van der Waals surface area contributed by atoms with Crippen LogP contribution in [0.5, 0.6) is 0 Å². The van der Waals surface area contributed by atoms with E-state index >= 15 is 0 Å². The Morgan fingerprint density at radius 3 is 2.90 bits per heavy atom. The molecule has 0 spiro atoms. The Labute approximate surface area is 119 Å². The van der Waals surface area contributed by atoms with Crippen molar-refractivity contribution in [2.75, 3.05) is 13.2 Å². The van der Waals surface area contributed by atoms with E-state index in [0.717, 1.165) is 23.7 Å². The third-order valence-electron chi connectivity index (χ3n) is 3.56. The van der Waals surface area contributed by atoms with Gasteiger partial charge in [-0.05, 0) is 41.8 Å². The zero-order chi connectivity index (χ0) is 14.6. The summed E-state index contributed by atoms with van der Waals surface area (Å²) in [5.74, 6) is -0.0569. The number of carbonyl (C=O) groups excluding carboxylic acids is 1. The van der Waals surface area contributed by atoms with Gasteiger partial charge in [0.05, 0.1) is 0 Å². The van der Waals surface area contributed by atoms with E-state index in [4.69, 9.17) is 5.11 Å². The first-order valence-corrected chi connectivity index (χ1v) is 6.98. The normalized spacial score (nSPS) is 11.8. The van der Waals surface area contributed by atoms with Crippen LogP contribution in [0.15, 0.2) is 30.5 Å². The fourth-order valence-corrected chi connectivity index (χ4v) is 2.26. The van der Waals surface area contributed by atoms with E-state index in [1.807, 2.05) is 30.5 Å². The van der Waals surface area contributed by atoms with Gasteiger partial charge >= 0.3 is 0 Å². The molecule has 0 saturated carbocycles. The summed E-state index contributed by atoms with van der Waals surface area (Å²) < 4.78 is 0. The number of H-pyrrole nitrogens is 1. The Hall–Kier alpha value is -1.81. The van der Waals surface area contributed by atoms with Crippen LogP contribution in [-0.4, -0.2) is 29.1 Å². The van der Waals surface area contributed by atoms with Crippen molar-refractivity contribution in [2.45, 2.75) is 26.7 Å². The molecule has 2 rings (SSSR count). The number of aliphatic hydroxyl groups is 1. The molecule has 0 aliphatic rings. The largest absolute Gasteiger partial charge is 0.396 e. The number of rotatable bonds is 6. The molecule has 0 unspecified atom stereocenters. The van der Waals surface area contributed by atoms with Gasteiger partial charge in [0.2, 0.25) is 0 Å². The molecule has 0 aliphatic heterocycles. The molecule has 1 aromatic heterocycles. The second-order valence-electron chi connectivity index (χ2n) is 5.95. The van der Waals surface area contributed by atoms with Crippen LogP contribution in [0.4, 0.5) is 0 Å². The minimum atomic E-state index is -0.0569. The zero-order valence-corrected chi connectivity index (χ0v) is 12.1. The molecule has 2 aromatic rings. The summed E-state index contributed by atoms with van der Waals surface area (Å²) in [6.07, 6.45) is 3.51. The fraction of sp³-hybridized carbons (Fsp3) is 0.438. The summed E-state index contributed by atoms with van der Waals surface area (Å²) >= 11 is 0. The summed E-state index contributed by atoms with van der Waals surface area (Å²) in [4.78, 5) is 15.3. The topological polar surface area (TPSA) is 65.1 Å². The second-order valence-corrected chi connectivity index (χ2v) is 5.95. The predicted octanol–water partition coefficient (Wildman–Crippen LogP) is 2.70. The molecule has 108 valence electrons. The van der Waals surface area contributed by atoms with Gasteiger partial charge in [0.25, 0.3) is 5.91 Å². The van der Waals surface area contributed by atoms with E-state index in [9.17, 15) is 4.79 Å². The highest BCUT2D eigenvalue weighted by Gasteiger charge is 2.18. The molecule has 1 amide bonds. The van der Waals surface area contributed by atoms with Crippen LogP contribution in [-0.2, 0) is 0 Å². The number of aliphatic hydroxyl groups excluding tert-OH is 1. The van der Waals surface area contributed by atoms with Crippen molar-refractivity contribution in [3.05, 3.63) is 36.0 Å². The number of carbonyl (C=O) groups is 1. The van der Waals surface area contributed by atoms with Gasteiger partial charge < -0.3 is 15.4 Å². The molecule has 0 radical (unpaired) electrons. The Kier molecular flexibility index (Phi) is 4.45. The van der Waals surface area contributed by atoms with Crippen molar-refractivity contribution in [1.29, 1.82) is 0 Å². The van der Waals surface area contributed by atoms with Gasteiger partial charge in [-0.1, -0.05) is 19.9 Å². The first kappa shape index (κ1) is 14.6. The summed E-state index contributed by atoms with van der Waals surface area (Å²) in [6.45, 7) is 4.99. The Morgan fingerprint density at radius 2 is 2.15 bits per heavy atom. The molecule has 0 saturated heterocycles. The quantitative estimate of drug-likeness (QED) is 0.758. The predicted molar refractivity (Wildman–Crippen MR) is 80.7 cm³/mol. The Morgan fingerprint density at radius 1 is 1.35 bits per heavy atom. The standard InChI is InChI=1S/C16H22N2O2/c1-16(2,7-3-9-19)11-18-15(20)13-5-4-12-6-8-17-14(12)10-13/h4-6,8,10,17,19H,3,7,9,11H2,1-2H3,(H,18,20). The fourth-order valence-electron chi connectivity index (χ4n) is 2.26. The molecular formula is C16H22N2O2. The lowest BCUT2D eigenvalue weighted by atomic mass is 9.88. The highest BCUT2D eigenvalue weighted by Crippen LogP contribution is 2.21. The second kappa shape index (κ2) is 6.09. The van der Waals surface area contributed by atoms with Crippen LogP contribution >= 0.6 is 0 Å². The summed E-state index contributed by atoms with van der Waals surface area (Å²) in [5.41, 5.74) is 1.63. The summed E-state index contributed by atoms with van der Waals surface area (Å²) in [5, 5.41) is 12.9. The molecule has 0 bridgehead atoms. The van der Waals surface area contributed by atoms with E-state index in [1.165, 1.54) is 0 Å². The average Bonchev–Trinajstić information content (AvgIpc) is 2.90. The molecule has 4 nitrogen and oxygen atoms in total. The minimum Gasteiger partial charge on any atom is -0.396 e. The lowest BCUT2D eigenvalue weighted by Gasteiger charge is -2.24. The lowest BCUT2D eigenvalue weighted by Crippen LogP contribution is -2.34. The van der Waals surface area contributed by atoms with Crippen molar-refractivity contribution in [1.82, 2.24) is 10.3 Å². The summed E-state index contributed by atoms with van der Waals surface area (Å²) in [6, 6.07) is 7.63. The maximum Gasteiger partial charge on any atom is 0.251 e. The van der Waals surface area contributed by atoms with E-state index in [1.54, 1.807) is 0 Å². The highest BCUT2D eigenvalue weighted by molar-refractivity contribution is 5.97. The first-order chi connectivity index (χ1) is 9.52. The molecule has 1 heterocycles. The van der Waals surface area contributed by atoms with Gasteiger partial charge in [-0.25, -0.2) is 0 Å². The van der Waals surface area contributed by atoms with Crippen molar-refractivity contribution >= 4 is 16.8 Å². The van der Waals surface area contributed by atoms with E-state index < -0.39 is 0 Å². The third kappa shape index (κ3) is 3.61. The van der Waals surface area contributed by atoms with E-state index in [2.05, 4.69) is 24.1 Å². The number of aromatic amines is 1. The number of benzene rings is 1. The van der Waals surface area contributed by atoms with Crippen molar-refractivity contribution in [3.63, 3.8) is 0 Å². The van der Waals surface area contributed by atoms with Gasteiger partial charge in [0.15, 0.2) is 0 Å².